The van der Waals surface area contributed by atoms with Crippen molar-refractivity contribution in [2.45, 2.75) is 13.8 Å². The van der Waals surface area contributed by atoms with E-state index >= 15 is 0 Å². The molecule has 3 aromatic rings. The van der Waals surface area contributed by atoms with Crippen molar-refractivity contribution in [2.24, 2.45) is 5.92 Å². The first kappa shape index (κ1) is 17.6. The van der Waals surface area contributed by atoms with E-state index in [4.69, 9.17) is 0 Å². The molecule has 0 saturated carbocycles. The predicted molar refractivity (Wildman–Crippen MR) is 101 cm³/mol. The number of aryl methyl sites for hydroxylation is 2. The van der Waals surface area contributed by atoms with Crippen LogP contribution in [0.4, 0.5) is 11.6 Å². The highest BCUT2D eigenvalue weighted by atomic mass is 16.2. The van der Waals surface area contributed by atoms with Gasteiger partial charge in [0.2, 0.25) is 5.91 Å². The van der Waals surface area contributed by atoms with Crippen LogP contribution >= 0.6 is 0 Å². The standard InChI is InChI=1S/C17H18N8O3/c1-9-3-10(2)25(23-9)14-5-13(18-8-19-14)24-6-11(7-24)16(27)20-12-4-15(26)22-17(28)21-12/h3-5,8,11H,6-7H2,1-2H3,(H3,20,21,22,26,27,28). The van der Waals surface area contributed by atoms with Gasteiger partial charge in [-0.25, -0.2) is 19.4 Å². The van der Waals surface area contributed by atoms with Crippen molar-refractivity contribution in [2.75, 3.05) is 23.3 Å². The number of nitrogens with one attached hydrogen (secondary N) is 3. The van der Waals surface area contributed by atoms with E-state index in [-0.39, 0.29) is 17.6 Å². The number of carbonyl (C=O) groups is 1. The maximum atomic E-state index is 12.3. The van der Waals surface area contributed by atoms with Crippen molar-refractivity contribution >= 4 is 17.5 Å². The van der Waals surface area contributed by atoms with Crippen LogP contribution < -0.4 is 21.5 Å². The molecule has 1 aliphatic rings. The smallest absolute Gasteiger partial charge is 0.327 e. The summed E-state index contributed by atoms with van der Waals surface area (Å²) in [5.74, 6) is 0.877. The summed E-state index contributed by atoms with van der Waals surface area (Å²) in [7, 11) is 0. The highest BCUT2D eigenvalue weighted by molar-refractivity contribution is 5.93. The minimum atomic E-state index is -0.671. The van der Waals surface area contributed by atoms with Crippen LogP contribution in [0.5, 0.6) is 0 Å². The Morgan fingerprint density at radius 1 is 1.11 bits per heavy atom. The van der Waals surface area contributed by atoms with Crippen LogP contribution in [-0.2, 0) is 4.79 Å². The van der Waals surface area contributed by atoms with E-state index in [9.17, 15) is 14.4 Å². The summed E-state index contributed by atoms with van der Waals surface area (Å²) in [6.45, 7) is 4.79. The monoisotopic (exact) mass is 382 g/mol. The molecule has 0 aliphatic carbocycles. The van der Waals surface area contributed by atoms with Crippen LogP contribution in [0.15, 0.2) is 34.1 Å². The zero-order chi connectivity index (χ0) is 19.8. The van der Waals surface area contributed by atoms with Gasteiger partial charge >= 0.3 is 5.69 Å². The largest absolute Gasteiger partial charge is 0.355 e. The molecule has 1 aliphatic heterocycles. The van der Waals surface area contributed by atoms with Crippen LogP contribution in [0, 0.1) is 19.8 Å². The maximum Gasteiger partial charge on any atom is 0.327 e. The van der Waals surface area contributed by atoms with Crippen LogP contribution in [0.2, 0.25) is 0 Å². The molecule has 0 aromatic carbocycles. The first-order valence-electron chi connectivity index (χ1n) is 8.64. The van der Waals surface area contributed by atoms with Gasteiger partial charge in [0, 0.05) is 30.9 Å². The maximum absolute atomic E-state index is 12.3. The first-order chi connectivity index (χ1) is 13.4. The van der Waals surface area contributed by atoms with Gasteiger partial charge in [-0.15, -0.1) is 0 Å². The van der Waals surface area contributed by atoms with Gasteiger partial charge in [-0.05, 0) is 19.9 Å². The molecule has 4 heterocycles. The van der Waals surface area contributed by atoms with Gasteiger partial charge in [-0.3, -0.25) is 19.6 Å². The lowest BCUT2D eigenvalue weighted by Crippen LogP contribution is -2.52. The van der Waals surface area contributed by atoms with Crippen LogP contribution in [-0.4, -0.2) is 48.7 Å². The number of carbonyl (C=O) groups excluding carboxylic acids is 1. The number of aromatic amines is 2. The second-order valence-electron chi connectivity index (χ2n) is 6.67. The SMILES string of the molecule is Cc1cc(C)n(-c2cc(N3CC(C(=O)Nc4cc(=O)[nH]c(=O)[nH]4)C3)ncn2)n1. The third-order valence-corrected chi connectivity index (χ3v) is 4.46. The average Bonchev–Trinajstić information content (AvgIpc) is 2.91. The van der Waals surface area contributed by atoms with Crippen molar-refractivity contribution in [3.63, 3.8) is 0 Å². The van der Waals surface area contributed by atoms with E-state index in [1.165, 1.54) is 6.33 Å². The Labute approximate surface area is 158 Å². The lowest BCUT2D eigenvalue weighted by Gasteiger charge is -2.39. The molecule has 0 radical (unpaired) electrons. The molecule has 4 rings (SSSR count). The zero-order valence-electron chi connectivity index (χ0n) is 15.3. The van der Waals surface area contributed by atoms with Gasteiger partial charge in [0.15, 0.2) is 5.82 Å². The summed E-state index contributed by atoms with van der Waals surface area (Å²) in [6.07, 6.45) is 1.47. The molecule has 0 unspecified atom stereocenters. The van der Waals surface area contributed by atoms with Gasteiger partial charge < -0.3 is 10.2 Å². The van der Waals surface area contributed by atoms with Crippen molar-refractivity contribution in [3.05, 3.63) is 56.8 Å². The summed E-state index contributed by atoms with van der Waals surface area (Å²) >= 11 is 0. The molecule has 0 atom stereocenters. The summed E-state index contributed by atoms with van der Waals surface area (Å²) in [5.41, 5.74) is 0.619. The topological polar surface area (TPSA) is 142 Å². The Bertz CT molecular complexity index is 1130. The predicted octanol–water partition coefficient (Wildman–Crippen LogP) is -0.269. The minimum absolute atomic E-state index is 0.0750. The van der Waals surface area contributed by atoms with E-state index in [0.29, 0.717) is 24.7 Å². The van der Waals surface area contributed by atoms with Crippen molar-refractivity contribution < 1.29 is 4.79 Å². The number of H-pyrrole nitrogens is 2. The molecule has 1 saturated heterocycles. The van der Waals surface area contributed by atoms with Gasteiger partial charge in [0.25, 0.3) is 5.56 Å². The number of hydrogen-bond donors (Lipinski definition) is 3. The molecule has 0 bridgehead atoms. The van der Waals surface area contributed by atoms with Gasteiger partial charge in [0.1, 0.15) is 18.0 Å². The summed E-state index contributed by atoms with van der Waals surface area (Å²) in [6, 6.07) is 4.91. The molecular formula is C17H18N8O3. The number of anilines is 2. The van der Waals surface area contributed by atoms with Gasteiger partial charge in [0.05, 0.1) is 11.6 Å². The third-order valence-electron chi connectivity index (χ3n) is 4.46. The van der Waals surface area contributed by atoms with Crippen LogP contribution in [0.3, 0.4) is 0 Å². The fourth-order valence-electron chi connectivity index (χ4n) is 3.09. The Hall–Kier alpha value is -3.76. The van der Waals surface area contributed by atoms with Gasteiger partial charge in [-0.1, -0.05) is 0 Å². The van der Waals surface area contributed by atoms with E-state index in [1.54, 1.807) is 4.68 Å². The Kier molecular flexibility index (Phi) is 4.26. The molecule has 144 valence electrons. The van der Waals surface area contributed by atoms with E-state index in [1.807, 2.05) is 35.9 Å². The highest BCUT2D eigenvalue weighted by Gasteiger charge is 2.34. The second kappa shape index (κ2) is 6.76. The molecule has 1 fully saturated rings. The quantitative estimate of drug-likeness (QED) is 0.564. The Morgan fingerprint density at radius 3 is 2.54 bits per heavy atom. The Morgan fingerprint density at radius 2 is 1.86 bits per heavy atom. The number of aromatic nitrogens is 6. The second-order valence-corrected chi connectivity index (χ2v) is 6.67. The average molecular weight is 382 g/mol. The Balaban J connectivity index is 1.43. The molecule has 3 aromatic heterocycles. The molecular weight excluding hydrogens is 364 g/mol. The minimum Gasteiger partial charge on any atom is -0.355 e. The molecule has 11 nitrogen and oxygen atoms in total. The van der Waals surface area contributed by atoms with Crippen molar-refractivity contribution in [3.8, 4) is 5.82 Å². The summed E-state index contributed by atoms with van der Waals surface area (Å²) < 4.78 is 1.74. The normalized spacial score (nSPS) is 14.0. The number of rotatable bonds is 4. The lowest BCUT2D eigenvalue weighted by molar-refractivity contribution is -0.120. The molecule has 0 spiro atoms. The molecule has 1 amide bonds. The van der Waals surface area contributed by atoms with Crippen molar-refractivity contribution in [1.29, 1.82) is 0 Å². The number of hydrogen-bond acceptors (Lipinski definition) is 7. The van der Waals surface area contributed by atoms with Crippen molar-refractivity contribution in [1.82, 2.24) is 29.7 Å². The van der Waals surface area contributed by atoms with E-state index in [2.05, 4.69) is 25.4 Å². The zero-order valence-corrected chi connectivity index (χ0v) is 15.3. The highest BCUT2D eigenvalue weighted by Crippen LogP contribution is 2.24. The fraction of sp³-hybridized carbons (Fsp3) is 0.294. The third kappa shape index (κ3) is 3.41. The van der Waals surface area contributed by atoms with E-state index < -0.39 is 11.2 Å². The summed E-state index contributed by atoms with van der Waals surface area (Å²) in [5, 5.41) is 6.97. The van der Waals surface area contributed by atoms with Crippen LogP contribution in [0.25, 0.3) is 5.82 Å². The number of nitrogens with zero attached hydrogens (tertiary/aromatic N) is 5. The first-order valence-corrected chi connectivity index (χ1v) is 8.64. The molecule has 28 heavy (non-hydrogen) atoms. The fourth-order valence-corrected chi connectivity index (χ4v) is 3.09. The lowest BCUT2D eigenvalue weighted by atomic mass is 9.99. The van der Waals surface area contributed by atoms with Crippen LogP contribution in [0.1, 0.15) is 11.4 Å². The molecule has 3 N–H and O–H groups in total. The van der Waals surface area contributed by atoms with Gasteiger partial charge in [-0.2, -0.15) is 5.10 Å². The van der Waals surface area contributed by atoms with E-state index in [0.717, 1.165) is 17.5 Å². The summed E-state index contributed by atoms with van der Waals surface area (Å²) in [4.78, 5) is 49.8. The number of amides is 1. The molecule has 11 heteroatoms.